The Morgan fingerprint density at radius 1 is 1.45 bits per heavy atom. The second-order valence-electron chi connectivity index (χ2n) is 2.32. The van der Waals surface area contributed by atoms with Crippen molar-refractivity contribution >= 4 is 10.2 Å². The molecule has 0 aliphatic carbocycles. The Hall–Kier alpha value is -0.170. The molecule has 0 amide bonds. The highest BCUT2D eigenvalue weighted by Gasteiger charge is 2.10. The van der Waals surface area contributed by atoms with Crippen molar-refractivity contribution in [2.24, 2.45) is 5.73 Å². The van der Waals surface area contributed by atoms with Crippen LogP contribution in [0.2, 0.25) is 0 Å². The number of hydrogen-bond acceptors (Lipinski definition) is 3. The zero-order valence-electron chi connectivity index (χ0n) is 6.87. The number of hydrogen-bond donors (Lipinski definition) is 2. The monoisotopic (exact) mass is 181 g/mol. The van der Waals surface area contributed by atoms with Crippen molar-refractivity contribution in [1.29, 1.82) is 0 Å². The van der Waals surface area contributed by atoms with Gasteiger partial charge < -0.3 is 5.73 Å². The first-order valence-electron chi connectivity index (χ1n) is 3.38. The number of nitrogens with zero attached hydrogens (tertiary/aromatic N) is 1. The van der Waals surface area contributed by atoms with E-state index < -0.39 is 10.2 Å². The predicted octanol–water partition coefficient (Wildman–Crippen LogP) is -1.27. The summed E-state index contributed by atoms with van der Waals surface area (Å²) in [6.07, 6.45) is 0.660. The van der Waals surface area contributed by atoms with Crippen molar-refractivity contribution < 1.29 is 8.42 Å². The molecule has 0 aliphatic heterocycles. The average molecular weight is 181 g/mol. The Balaban J connectivity index is 3.75. The number of nitrogens with one attached hydrogen (secondary N) is 1. The van der Waals surface area contributed by atoms with Gasteiger partial charge in [0, 0.05) is 20.6 Å². The Bertz CT molecular complexity index is 188. The standard InChI is InChI=1S/C5H15N3O2S/c1-8(2)11(9,10)7-5-3-4-6/h7H,3-6H2,1-2H3. The van der Waals surface area contributed by atoms with Crippen molar-refractivity contribution in [2.75, 3.05) is 27.2 Å². The highest BCUT2D eigenvalue weighted by atomic mass is 32.2. The molecule has 0 aromatic carbocycles. The van der Waals surface area contributed by atoms with Crippen LogP contribution in [-0.4, -0.2) is 39.9 Å². The summed E-state index contributed by atoms with van der Waals surface area (Å²) >= 11 is 0. The summed E-state index contributed by atoms with van der Waals surface area (Å²) in [5.41, 5.74) is 5.19. The van der Waals surface area contributed by atoms with Crippen molar-refractivity contribution in [3.05, 3.63) is 0 Å². The molecule has 0 unspecified atom stereocenters. The lowest BCUT2D eigenvalue weighted by molar-refractivity contribution is 0.504. The molecular weight excluding hydrogens is 166 g/mol. The highest BCUT2D eigenvalue weighted by Crippen LogP contribution is 1.87. The fourth-order valence-electron chi connectivity index (χ4n) is 0.432. The van der Waals surface area contributed by atoms with E-state index in [1.54, 1.807) is 0 Å². The van der Waals surface area contributed by atoms with Crippen LogP contribution in [-0.2, 0) is 10.2 Å². The Labute approximate surface area is 67.7 Å². The van der Waals surface area contributed by atoms with Gasteiger partial charge in [-0.05, 0) is 13.0 Å². The lowest BCUT2D eigenvalue weighted by Gasteiger charge is -2.11. The van der Waals surface area contributed by atoms with Crippen LogP contribution in [0.25, 0.3) is 0 Å². The van der Waals surface area contributed by atoms with E-state index in [9.17, 15) is 8.42 Å². The van der Waals surface area contributed by atoms with E-state index in [1.165, 1.54) is 14.1 Å². The minimum absolute atomic E-state index is 0.400. The maximum Gasteiger partial charge on any atom is 0.278 e. The molecule has 6 heteroatoms. The summed E-state index contributed by atoms with van der Waals surface area (Å²) in [6.45, 7) is 0.896. The molecule has 0 saturated carbocycles. The molecule has 0 bridgehead atoms. The maximum atomic E-state index is 11.0. The van der Waals surface area contributed by atoms with Gasteiger partial charge in [-0.2, -0.15) is 12.7 Å². The van der Waals surface area contributed by atoms with E-state index >= 15 is 0 Å². The van der Waals surface area contributed by atoms with Crippen LogP contribution in [0.4, 0.5) is 0 Å². The Morgan fingerprint density at radius 3 is 2.36 bits per heavy atom. The topological polar surface area (TPSA) is 75.4 Å². The minimum Gasteiger partial charge on any atom is -0.330 e. The summed E-state index contributed by atoms with van der Waals surface area (Å²) in [6, 6.07) is 0. The third kappa shape index (κ3) is 4.31. The van der Waals surface area contributed by atoms with Crippen LogP contribution in [0, 0.1) is 0 Å². The Morgan fingerprint density at radius 2 is 2.00 bits per heavy atom. The van der Waals surface area contributed by atoms with Gasteiger partial charge in [-0.3, -0.25) is 0 Å². The molecule has 3 N–H and O–H groups in total. The molecule has 68 valence electrons. The molecule has 5 nitrogen and oxygen atoms in total. The quantitative estimate of drug-likeness (QED) is 0.519. The molecule has 0 fully saturated rings. The van der Waals surface area contributed by atoms with E-state index in [0.29, 0.717) is 19.5 Å². The van der Waals surface area contributed by atoms with Gasteiger partial charge in [-0.25, -0.2) is 4.72 Å². The van der Waals surface area contributed by atoms with E-state index in [0.717, 1.165) is 4.31 Å². The summed E-state index contributed by atoms with van der Waals surface area (Å²) in [5, 5.41) is 0. The maximum absolute atomic E-state index is 11.0. The van der Waals surface area contributed by atoms with Gasteiger partial charge in [0.25, 0.3) is 10.2 Å². The summed E-state index contributed by atoms with van der Waals surface area (Å²) < 4.78 is 25.5. The van der Waals surface area contributed by atoms with Gasteiger partial charge in [0.15, 0.2) is 0 Å². The van der Waals surface area contributed by atoms with Gasteiger partial charge in [-0.15, -0.1) is 0 Å². The average Bonchev–Trinajstić information content (AvgIpc) is 1.88. The molecule has 0 radical (unpaired) electrons. The van der Waals surface area contributed by atoms with Crippen LogP contribution in [0.3, 0.4) is 0 Å². The van der Waals surface area contributed by atoms with Gasteiger partial charge in [0.2, 0.25) is 0 Å². The van der Waals surface area contributed by atoms with Crippen LogP contribution in [0.1, 0.15) is 6.42 Å². The van der Waals surface area contributed by atoms with Crippen molar-refractivity contribution in [2.45, 2.75) is 6.42 Å². The zero-order valence-corrected chi connectivity index (χ0v) is 7.69. The van der Waals surface area contributed by atoms with Crippen molar-refractivity contribution in [3.8, 4) is 0 Å². The van der Waals surface area contributed by atoms with Gasteiger partial charge in [-0.1, -0.05) is 0 Å². The normalized spacial score (nSPS) is 12.4. The minimum atomic E-state index is -3.24. The van der Waals surface area contributed by atoms with Gasteiger partial charge in [0.05, 0.1) is 0 Å². The van der Waals surface area contributed by atoms with Crippen LogP contribution < -0.4 is 10.5 Å². The van der Waals surface area contributed by atoms with Crippen molar-refractivity contribution in [3.63, 3.8) is 0 Å². The molecule has 0 rings (SSSR count). The fourth-order valence-corrected chi connectivity index (χ4v) is 1.09. The van der Waals surface area contributed by atoms with E-state index in [4.69, 9.17) is 5.73 Å². The SMILES string of the molecule is CN(C)S(=O)(=O)NCCCN. The first-order valence-corrected chi connectivity index (χ1v) is 4.82. The van der Waals surface area contributed by atoms with E-state index in [1.807, 2.05) is 0 Å². The van der Waals surface area contributed by atoms with E-state index in [-0.39, 0.29) is 0 Å². The molecule has 11 heavy (non-hydrogen) atoms. The third-order valence-electron chi connectivity index (χ3n) is 1.15. The van der Waals surface area contributed by atoms with Gasteiger partial charge in [0.1, 0.15) is 0 Å². The second-order valence-corrected chi connectivity index (χ2v) is 4.29. The number of nitrogens with two attached hydrogens (primary N) is 1. The second kappa shape index (κ2) is 4.66. The molecule has 0 spiro atoms. The van der Waals surface area contributed by atoms with Crippen LogP contribution in [0.5, 0.6) is 0 Å². The summed E-state index contributed by atoms with van der Waals surface area (Å²) in [7, 11) is -0.289. The largest absolute Gasteiger partial charge is 0.330 e. The molecular formula is C5H15N3O2S. The smallest absolute Gasteiger partial charge is 0.278 e. The zero-order chi connectivity index (χ0) is 8.91. The summed E-state index contributed by atoms with van der Waals surface area (Å²) in [4.78, 5) is 0. The lowest BCUT2D eigenvalue weighted by Crippen LogP contribution is -2.36. The molecule has 0 aliphatic rings. The fraction of sp³-hybridized carbons (Fsp3) is 1.00. The first kappa shape index (κ1) is 10.8. The first-order chi connectivity index (χ1) is 5.00. The molecule has 0 heterocycles. The number of rotatable bonds is 5. The van der Waals surface area contributed by atoms with Crippen molar-refractivity contribution in [1.82, 2.24) is 9.03 Å². The lowest BCUT2D eigenvalue weighted by atomic mass is 10.4. The third-order valence-corrected chi connectivity index (χ3v) is 2.68. The summed E-state index contributed by atoms with van der Waals surface area (Å²) in [5.74, 6) is 0. The van der Waals surface area contributed by atoms with Gasteiger partial charge >= 0.3 is 0 Å². The molecule has 0 atom stereocenters. The molecule has 0 saturated heterocycles. The van der Waals surface area contributed by atoms with Crippen LogP contribution in [0.15, 0.2) is 0 Å². The molecule has 0 aromatic heterocycles. The Kier molecular flexibility index (Phi) is 4.58. The van der Waals surface area contributed by atoms with Crippen LogP contribution >= 0.6 is 0 Å². The predicted molar refractivity (Wildman–Crippen MR) is 44.3 cm³/mol. The van der Waals surface area contributed by atoms with E-state index in [2.05, 4.69) is 4.72 Å². The highest BCUT2D eigenvalue weighted by molar-refractivity contribution is 7.87. The molecule has 0 aromatic rings.